The van der Waals surface area contributed by atoms with Gasteiger partial charge in [0.15, 0.2) is 6.10 Å². The first-order chi connectivity index (χ1) is 8.88. The van der Waals surface area contributed by atoms with Crippen molar-refractivity contribution in [3.05, 3.63) is 28.7 Å². The minimum Gasteiger partial charge on any atom is -0.481 e. The SMILES string of the molecule is CC(O)CC(C)NC(=O)C(C)Oc1ccc(Br)cc1. The molecule has 0 aliphatic carbocycles. The van der Waals surface area contributed by atoms with Gasteiger partial charge < -0.3 is 15.2 Å². The molecule has 0 aliphatic rings. The van der Waals surface area contributed by atoms with Crippen LogP contribution in [-0.4, -0.2) is 29.3 Å². The summed E-state index contributed by atoms with van der Waals surface area (Å²) in [5, 5.41) is 12.1. The van der Waals surface area contributed by atoms with Crippen LogP contribution in [0.4, 0.5) is 0 Å². The molecule has 0 fully saturated rings. The van der Waals surface area contributed by atoms with E-state index in [2.05, 4.69) is 21.2 Å². The van der Waals surface area contributed by atoms with E-state index in [1.165, 1.54) is 0 Å². The summed E-state index contributed by atoms with van der Waals surface area (Å²) in [5.41, 5.74) is 0. The van der Waals surface area contributed by atoms with Crippen molar-refractivity contribution in [3.63, 3.8) is 0 Å². The maximum Gasteiger partial charge on any atom is 0.260 e. The summed E-state index contributed by atoms with van der Waals surface area (Å²) >= 11 is 3.34. The third kappa shape index (κ3) is 6.07. The van der Waals surface area contributed by atoms with Gasteiger partial charge in [0.1, 0.15) is 5.75 Å². The number of amides is 1. The van der Waals surface area contributed by atoms with E-state index in [1.807, 2.05) is 19.1 Å². The van der Waals surface area contributed by atoms with Gasteiger partial charge in [-0.25, -0.2) is 0 Å². The lowest BCUT2D eigenvalue weighted by Gasteiger charge is -2.19. The third-order valence-corrected chi connectivity index (χ3v) is 3.11. The molecular weight excluding hydrogens is 310 g/mol. The van der Waals surface area contributed by atoms with Crippen molar-refractivity contribution in [2.45, 2.75) is 45.4 Å². The fourth-order valence-corrected chi connectivity index (χ4v) is 1.97. The molecular formula is C14H20BrNO3. The molecule has 0 spiro atoms. The summed E-state index contributed by atoms with van der Waals surface area (Å²) in [6.45, 7) is 5.26. The van der Waals surface area contributed by atoms with Gasteiger partial charge in [-0.1, -0.05) is 15.9 Å². The standard InChI is InChI=1S/C14H20BrNO3/c1-9(8-10(2)17)16-14(18)11(3)19-13-6-4-12(15)5-7-13/h4-7,9-11,17H,8H2,1-3H3,(H,16,18). The summed E-state index contributed by atoms with van der Waals surface area (Å²) in [6.07, 6.45) is -0.480. The predicted molar refractivity (Wildman–Crippen MR) is 78.1 cm³/mol. The molecule has 0 aliphatic heterocycles. The zero-order valence-corrected chi connectivity index (χ0v) is 13.0. The second kappa shape index (κ2) is 7.50. The van der Waals surface area contributed by atoms with E-state index in [9.17, 15) is 9.90 Å². The van der Waals surface area contributed by atoms with Crippen molar-refractivity contribution in [2.24, 2.45) is 0 Å². The van der Waals surface area contributed by atoms with Crippen LogP contribution in [0.1, 0.15) is 27.2 Å². The maximum absolute atomic E-state index is 11.9. The molecule has 106 valence electrons. The van der Waals surface area contributed by atoms with Crippen LogP contribution in [0.2, 0.25) is 0 Å². The van der Waals surface area contributed by atoms with Crippen LogP contribution in [0, 0.1) is 0 Å². The summed E-state index contributed by atoms with van der Waals surface area (Å²) in [4.78, 5) is 11.9. The van der Waals surface area contributed by atoms with Crippen molar-refractivity contribution < 1.29 is 14.6 Å². The van der Waals surface area contributed by atoms with E-state index in [1.54, 1.807) is 26.0 Å². The first-order valence-electron chi connectivity index (χ1n) is 6.29. The highest BCUT2D eigenvalue weighted by molar-refractivity contribution is 9.10. The Labute approximate surface area is 122 Å². The fourth-order valence-electron chi connectivity index (χ4n) is 1.70. The van der Waals surface area contributed by atoms with Gasteiger partial charge >= 0.3 is 0 Å². The van der Waals surface area contributed by atoms with E-state index >= 15 is 0 Å². The van der Waals surface area contributed by atoms with Gasteiger partial charge in [-0.15, -0.1) is 0 Å². The largest absolute Gasteiger partial charge is 0.481 e. The summed E-state index contributed by atoms with van der Waals surface area (Å²) in [6, 6.07) is 7.23. The summed E-state index contributed by atoms with van der Waals surface area (Å²) < 4.78 is 6.50. The van der Waals surface area contributed by atoms with Crippen molar-refractivity contribution >= 4 is 21.8 Å². The lowest BCUT2D eigenvalue weighted by Crippen LogP contribution is -2.42. The molecule has 0 bridgehead atoms. The van der Waals surface area contributed by atoms with Crippen molar-refractivity contribution in [1.82, 2.24) is 5.32 Å². The van der Waals surface area contributed by atoms with Crippen molar-refractivity contribution in [1.29, 1.82) is 0 Å². The zero-order chi connectivity index (χ0) is 14.4. The Morgan fingerprint density at radius 3 is 2.42 bits per heavy atom. The van der Waals surface area contributed by atoms with E-state index in [-0.39, 0.29) is 11.9 Å². The number of aliphatic hydroxyl groups is 1. The number of hydrogen-bond acceptors (Lipinski definition) is 3. The number of rotatable bonds is 6. The number of carbonyl (C=O) groups excluding carboxylic acids is 1. The van der Waals surface area contributed by atoms with Gasteiger partial charge in [-0.2, -0.15) is 0 Å². The highest BCUT2D eigenvalue weighted by Crippen LogP contribution is 2.17. The molecule has 0 radical (unpaired) electrons. The zero-order valence-electron chi connectivity index (χ0n) is 11.4. The second-order valence-corrected chi connectivity index (χ2v) is 5.62. The highest BCUT2D eigenvalue weighted by atomic mass is 79.9. The number of benzene rings is 1. The number of aliphatic hydroxyl groups excluding tert-OH is 1. The normalized spacial score (nSPS) is 15.4. The first kappa shape index (κ1) is 16.0. The van der Waals surface area contributed by atoms with Crippen LogP contribution in [-0.2, 0) is 4.79 Å². The van der Waals surface area contributed by atoms with Crippen molar-refractivity contribution in [3.8, 4) is 5.75 Å². The summed E-state index contributed by atoms with van der Waals surface area (Å²) in [5.74, 6) is 0.463. The van der Waals surface area contributed by atoms with Gasteiger partial charge in [-0.3, -0.25) is 4.79 Å². The second-order valence-electron chi connectivity index (χ2n) is 4.71. The van der Waals surface area contributed by atoms with Gasteiger partial charge in [0.05, 0.1) is 6.10 Å². The molecule has 1 aromatic carbocycles. The molecule has 0 aromatic heterocycles. The quantitative estimate of drug-likeness (QED) is 0.843. The number of ether oxygens (including phenoxy) is 1. The molecule has 1 aromatic rings. The lowest BCUT2D eigenvalue weighted by atomic mass is 10.1. The van der Waals surface area contributed by atoms with Gasteiger partial charge in [0.2, 0.25) is 0 Å². The molecule has 1 rings (SSSR count). The van der Waals surface area contributed by atoms with Crippen LogP contribution in [0.3, 0.4) is 0 Å². The Morgan fingerprint density at radius 2 is 1.89 bits per heavy atom. The predicted octanol–water partition coefficient (Wildman–Crippen LogP) is 2.49. The number of halogens is 1. The molecule has 1 amide bonds. The molecule has 0 saturated heterocycles. The summed E-state index contributed by atoms with van der Waals surface area (Å²) in [7, 11) is 0. The minimum atomic E-state index is -0.572. The highest BCUT2D eigenvalue weighted by Gasteiger charge is 2.17. The number of nitrogens with one attached hydrogen (secondary N) is 1. The van der Waals surface area contributed by atoms with E-state index < -0.39 is 12.2 Å². The van der Waals surface area contributed by atoms with Crippen LogP contribution < -0.4 is 10.1 Å². The van der Waals surface area contributed by atoms with Crippen LogP contribution in [0.15, 0.2) is 28.7 Å². The Balaban J connectivity index is 2.46. The third-order valence-electron chi connectivity index (χ3n) is 2.58. The molecule has 2 N–H and O–H groups in total. The Morgan fingerprint density at radius 1 is 1.32 bits per heavy atom. The van der Waals surface area contributed by atoms with Crippen LogP contribution in [0.5, 0.6) is 5.75 Å². The molecule has 19 heavy (non-hydrogen) atoms. The molecule has 0 heterocycles. The minimum absolute atomic E-state index is 0.0801. The Bertz CT molecular complexity index is 406. The topological polar surface area (TPSA) is 58.6 Å². The average molecular weight is 330 g/mol. The van der Waals surface area contributed by atoms with Crippen LogP contribution in [0.25, 0.3) is 0 Å². The first-order valence-corrected chi connectivity index (χ1v) is 7.08. The maximum atomic E-state index is 11.9. The van der Waals surface area contributed by atoms with E-state index in [4.69, 9.17) is 4.74 Å². The van der Waals surface area contributed by atoms with Gasteiger partial charge in [0.25, 0.3) is 5.91 Å². The fraction of sp³-hybridized carbons (Fsp3) is 0.500. The Hall–Kier alpha value is -1.07. The van der Waals surface area contributed by atoms with E-state index in [0.29, 0.717) is 12.2 Å². The smallest absolute Gasteiger partial charge is 0.260 e. The lowest BCUT2D eigenvalue weighted by molar-refractivity contribution is -0.128. The average Bonchev–Trinajstić information content (AvgIpc) is 2.30. The van der Waals surface area contributed by atoms with Gasteiger partial charge in [0, 0.05) is 10.5 Å². The molecule has 5 heteroatoms. The monoisotopic (exact) mass is 329 g/mol. The molecule has 0 saturated carbocycles. The molecule has 3 unspecified atom stereocenters. The van der Waals surface area contributed by atoms with Gasteiger partial charge in [-0.05, 0) is 51.5 Å². The molecule has 3 atom stereocenters. The Kier molecular flexibility index (Phi) is 6.31. The molecule has 4 nitrogen and oxygen atoms in total. The number of hydrogen-bond donors (Lipinski definition) is 2. The number of carbonyl (C=O) groups is 1. The van der Waals surface area contributed by atoms with Crippen molar-refractivity contribution in [2.75, 3.05) is 0 Å². The van der Waals surface area contributed by atoms with Crippen LogP contribution >= 0.6 is 15.9 Å². The van der Waals surface area contributed by atoms with E-state index in [0.717, 1.165) is 4.47 Å².